The van der Waals surface area contributed by atoms with Crippen LogP contribution in [-0.2, 0) is 6.54 Å². The van der Waals surface area contributed by atoms with E-state index in [-0.39, 0.29) is 23.3 Å². The lowest BCUT2D eigenvalue weighted by Gasteiger charge is -2.23. The first-order chi connectivity index (χ1) is 12.6. The van der Waals surface area contributed by atoms with E-state index in [0.717, 1.165) is 6.20 Å². The standard InChI is InChI=1S/C17H12ClF2N5O/c18-16-12(20)8-21-17(22-16)14-7-15(13-5-6-26-24-13)25(23-14)9-10-3-1-2-4-11(10)19/h1-8,14,23H,9H2. The summed E-state index contributed by atoms with van der Waals surface area (Å²) in [4.78, 5) is 7.93. The Kier molecular flexibility index (Phi) is 4.36. The van der Waals surface area contributed by atoms with Crippen molar-refractivity contribution in [2.75, 3.05) is 0 Å². The Bertz CT molecular complexity index is 964. The highest BCUT2D eigenvalue weighted by molar-refractivity contribution is 6.29. The zero-order valence-electron chi connectivity index (χ0n) is 13.2. The van der Waals surface area contributed by atoms with Crippen LogP contribution in [-0.4, -0.2) is 20.1 Å². The summed E-state index contributed by atoms with van der Waals surface area (Å²) < 4.78 is 32.3. The third kappa shape index (κ3) is 3.16. The van der Waals surface area contributed by atoms with Crippen molar-refractivity contribution < 1.29 is 13.3 Å². The maximum atomic E-state index is 14.0. The molecule has 1 aliphatic rings. The number of halogens is 3. The highest BCUT2D eigenvalue weighted by Crippen LogP contribution is 2.30. The Morgan fingerprint density at radius 2 is 2.04 bits per heavy atom. The molecule has 0 aliphatic carbocycles. The number of rotatable bonds is 4. The number of aromatic nitrogens is 3. The van der Waals surface area contributed by atoms with Crippen molar-refractivity contribution in [2.45, 2.75) is 12.6 Å². The van der Waals surface area contributed by atoms with Crippen LogP contribution in [0.3, 0.4) is 0 Å². The molecule has 6 nitrogen and oxygen atoms in total. The molecule has 0 fully saturated rings. The molecule has 3 aromatic rings. The Labute approximate surface area is 152 Å². The lowest BCUT2D eigenvalue weighted by atomic mass is 10.2. The van der Waals surface area contributed by atoms with Gasteiger partial charge in [-0.3, -0.25) is 0 Å². The molecule has 0 saturated carbocycles. The van der Waals surface area contributed by atoms with Crippen molar-refractivity contribution in [3.05, 3.63) is 82.7 Å². The van der Waals surface area contributed by atoms with Crippen LogP contribution in [0.15, 0.2) is 53.4 Å². The molecular formula is C17H12ClF2N5O. The lowest BCUT2D eigenvalue weighted by molar-refractivity contribution is 0.273. The Morgan fingerprint density at radius 3 is 2.77 bits per heavy atom. The fourth-order valence-electron chi connectivity index (χ4n) is 2.66. The summed E-state index contributed by atoms with van der Waals surface area (Å²) >= 11 is 5.75. The van der Waals surface area contributed by atoms with E-state index >= 15 is 0 Å². The van der Waals surface area contributed by atoms with Crippen LogP contribution in [0.25, 0.3) is 5.70 Å². The summed E-state index contributed by atoms with van der Waals surface area (Å²) in [5.74, 6) is -0.732. The van der Waals surface area contributed by atoms with Crippen molar-refractivity contribution >= 4 is 17.3 Å². The van der Waals surface area contributed by atoms with Crippen LogP contribution in [0.2, 0.25) is 5.15 Å². The molecule has 9 heteroatoms. The van der Waals surface area contributed by atoms with Gasteiger partial charge in [-0.2, -0.15) is 0 Å². The van der Waals surface area contributed by atoms with Gasteiger partial charge in [-0.25, -0.2) is 24.2 Å². The van der Waals surface area contributed by atoms with Crippen LogP contribution in [0.4, 0.5) is 8.78 Å². The third-order valence-electron chi connectivity index (χ3n) is 3.89. The Hall–Kier alpha value is -2.84. The number of benzene rings is 1. The lowest BCUT2D eigenvalue weighted by Crippen LogP contribution is -2.33. The van der Waals surface area contributed by atoms with Gasteiger partial charge in [-0.05, 0) is 12.1 Å². The van der Waals surface area contributed by atoms with E-state index in [2.05, 4.69) is 20.6 Å². The minimum Gasteiger partial charge on any atom is -0.364 e. The zero-order valence-corrected chi connectivity index (χ0v) is 14.0. The molecule has 0 bridgehead atoms. The molecule has 1 unspecified atom stereocenters. The Morgan fingerprint density at radius 1 is 1.19 bits per heavy atom. The van der Waals surface area contributed by atoms with Crippen LogP contribution < -0.4 is 5.43 Å². The average Bonchev–Trinajstić information content (AvgIpc) is 3.29. The van der Waals surface area contributed by atoms with Crippen LogP contribution in [0.1, 0.15) is 23.1 Å². The molecule has 132 valence electrons. The number of hydrazine groups is 1. The van der Waals surface area contributed by atoms with Crippen molar-refractivity contribution in [3.8, 4) is 0 Å². The summed E-state index contributed by atoms with van der Waals surface area (Å²) in [6.07, 6.45) is 4.24. The van der Waals surface area contributed by atoms with Gasteiger partial charge in [0.2, 0.25) is 0 Å². The summed E-state index contributed by atoms with van der Waals surface area (Å²) in [5.41, 5.74) is 4.87. The molecule has 1 aromatic carbocycles. The SMILES string of the molecule is Fc1ccccc1CN1NC(c2ncc(F)c(Cl)n2)C=C1c1ccon1. The predicted octanol–water partition coefficient (Wildman–Crippen LogP) is 3.50. The fraction of sp³-hybridized carbons (Fsp3) is 0.118. The van der Waals surface area contributed by atoms with Crippen LogP contribution in [0, 0.1) is 11.6 Å². The van der Waals surface area contributed by atoms with Gasteiger partial charge in [0, 0.05) is 11.6 Å². The first-order valence-electron chi connectivity index (χ1n) is 7.69. The molecule has 0 radical (unpaired) electrons. The highest BCUT2D eigenvalue weighted by atomic mass is 35.5. The molecule has 1 aliphatic heterocycles. The van der Waals surface area contributed by atoms with E-state index in [1.54, 1.807) is 35.4 Å². The first kappa shape index (κ1) is 16.6. The van der Waals surface area contributed by atoms with Gasteiger partial charge in [0.05, 0.1) is 18.4 Å². The Balaban J connectivity index is 1.67. The quantitative estimate of drug-likeness (QED) is 0.704. The summed E-state index contributed by atoms with van der Waals surface area (Å²) in [5, 5.41) is 5.37. The number of nitrogens with zero attached hydrogens (tertiary/aromatic N) is 4. The predicted molar refractivity (Wildman–Crippen MR) is 89.3 cm³/mol. The highest BCUT2D eigenvalue weighted by Gasteiger charge is 2.29. The fourth-order valence-corrected chi connectivity index (χ4v) is 2.80. The van der Waals surface area contributed by atoms with Crippen molar-refractivity contribution in [1.82, 2.24) is 25.6 Å². The maximum Gasteiger partial charge on any atom is 0.178 e. The van der Waals surface area contributed by atoms with E-state index in [0.29, 0.717) is 17.0 Å². The van der Waals surface area contributed by atoms with Gasteiger partial charge in [-0.1, -0.05) is 35.0 Å². The number of hydrogen-bond donors (Lipinski definition) is 1. The summed E-state index contributed by atoms with van der Waals surface area (Å²) in [7, 11) is 0. The normalized spacial score (nSPS) is 16.8. The summed E-state index contributed by atoms with van der Waals surface area (Å²) in [6.45, 7) is 0.233. The van der Waals surface area contributed by atoms with Crippen LogP contribution in [0.5, 0.6) is 0 Å². The van der Waals surface area contributed by atoms with Gasteiger partial charge in [0.15, 0.2) is 16.8 Å². The molecule has 0 amide bonds. The topological polar surface area (TPSA) is 67.1 Å². The molecule has 1 atom stereocenters. The first-order valence-corrected chi connectivity index (χ1v) is 8.07. The smallest absolute Gasteiger partial charge is 0.178 e. The van der Waals surface area contributed by atoms with Crippen LogP contribution >= 0.6 is 11.6 Å². The molecule has 2 aromatic heterocycles. The van der Waals surface area contributed by atoms with E-state index < -0.39 is 11.9 Å². The monoisotopic (exact) mass is 375 g/mol. The minimum atomic E-state index is -0.697. The van der Waals surface area contributed by atoms with Gasteiger partial charge in [0.1, 0.15) is 23.8 Å². The van der Waals surface area contributed by atoms with E-state index in [1.165, 1.54) is 12.3 Å². The van der Waals surface area contributed by atoms with Gasteiger partial charge in [0.25, 0.3) is 0 Å². The van der Waals surface area contributed by atoms with Crippen molar-refractivity contribution in [3.63, 3.8) is 0 Å². The van der Waals surface area contributed by atoms with Gasteiger partial charge >= 0.3 is 0 Å². The zero-order chi connectivity index (χ0) is 18.1. The molecule has 4 rings (SSSR count). The molecule has 0 saturated heterocycles. The number of hydrogen-bond acceptors (Lipinski definition) is 6. The van der Waals surface area contributed by atoms with E-state index in [9.17, 15) is 8.78 Å². The second-order valence-electron chi connectivity index (χ2n) is 5.59. The third-order valence-corrected chi connectivity index (χ3v) is 4.16. The molecule has 1 N–H and O–H groups in total. The number of nitrogens with one attached hydrogen (secondary N) is 1. The maximum absolute atomic E-state index is 14.0. The molecular weight excluding hydrogens is 364 g/mol. The summed E-state index contributed by atoms with van der Waals surface area (Å²) in [6, 6.07) is 7.67. The van der Waals surface area contributed by atoms with E-state index in [4.69, 9.17) is 16.1 Å². The van der Waals surface area contributed by atoms with Gasteiger partial charge in [-0.15, -0.1) is 0 Å². The average molecular weight is 376 g/mol. The minimum absolute atomic E-state index is 0.233. The molecule has 3 heterocycles. The second-order valence-corrected chi connectivity index (χ2v) is 5.95. The van der Waals surface area contributed by atoms with Crippen molar-refractivity contribution in [1.29, 1.82) is 0 Å². The van der Waals surface area contributed by atoms with Gasteiger partial charge < -0.3 is 9.53 Å². The van der Waals surface area contributed by atoms with E-state index in [1.807, 2.05) is 0 Å². The largest absolute Gasteiger partial charge is 0.364 e. The second kappa shape index (κ2) is 6.81. The molecule has 0 spiro atoms. The van der Waals surface area contributed by atoms with Crippen molar-refractivity contribution in [2.24, 2.45) is 0 Å². The molecule has 26 heavy (non-hydrogen) atoms.